The summed E-state index contributed by atoms with van der Waals surface area (Å²) in [6.45, 7) is 7.05. The second kappa shape index (κ2) is 6.06. The molecule has 2 aliphatic heterocycles. The molecule has 134 valence electrons. The van der Waals surface area contributed by atoms with Gasteiger partial charge in [-0.1, -0.05) is 0 Å². The first-order chi connectivity index (χ1) is 11.7. The van der Waals surface area contributed by atoms with Crippen LogP contribution in [0.1, 0.15) is 42.5 Å². The summed E-state index contributed by atoms with van der Waals surface area (Å²) in [5.41, 5.74) is 1.52. The topological polar surface area (TPSA) is 91.5 Å². The molecule has 0 bridgehead atoms. The number of ether oxygens (including phenoxy) is 1. The molecule has 0 fully saturated rings. The molecule has 0 saturated heterocycles. The van der Waals surface area contributed by atoms with Crippen LogP contribution >= 0.6 is 0 Å². The summed E-state index contributed by atoms with van der Waals surface area (Å²) in [7, 11) is 1.69. The van der Waals surface area contributed by atoms with Crippen LogP contribution in [0.3, 0.4) is 0 Å². The third-order valence-corrected chi connectivity index (χ3v) is 4.37. The van der Waals surface area contributed by atoms with Gasteiger partial charge in [-0.05, 0) is 20.8 Å². The second-order valence-electron chi connectivity index (χ2n) is 7.62. The van der Waals surface area contributed by atoms with Gasteiger partial charge < -0.3 is 14.5 Å². The average Bonchev–Trinajstić information content (AvgIpc) is 2.82. The van der Waals surface area contributed by atoms with Gasteiger partial charge in [-0.2, -0.15) is 10.4 Å². The number of carbonyl (C=O) groups is 2. The SMILES string of the molecule is CN1CC(C#N)Cn2nc3c(c2C1=O)CN(C(=O)OC(C)(C)C)CC3. The normalized spacial score (nSPS) is 20.4. The molecule has 0 aliphatic carbocycles. The Bertz CT molecular complexity index is 756. The highest BCUT2D eigenvalue weighted by atomic mass is 16.6. The molecule has 0 radical (unpaired) electrons. The van der Waals surface area contributed by atoms with Crippen LogP contribution in [0, 0.1) is 17.2 Å². The lowest BCUT2D eigenvalue weighted by Gasteiger charge is -2.30. The van der Waals surface area contributed by atoms with Gasteiger partial charge in [0.1, 0.15) is 11.3 Å². The second-order valence-corrected chi connectivity index (χ2v) is 7.62. The van der Waals surface area contributed by atoms with Crippen LogP contribution in [0.5, 0.6) is 0 Å². The number of nitriles is 1. The van der Waals surface area contributed by atoms with Crippen molar-refractivity contribution >= 4 is 12.0 Å². The Kier molecular flexibility index (Phi) is 4.19. The van der Waals surface area contributed by atoms with Crippen molar-refractivity contribution < 1.29 is 14.3 Å². The number of nitrogens with zero attached hydrogens (tertiary/aromatic N) is 5. The van der Waals surface area contributed by atoms with Crippen molar-refractivity contribution in [2.24, 2.45) is 5.92 Å². The minimum absolute atomic E-state index is 0.155. The molecule has 1 atom stereocenters. The van der Waals surface area contributed by atoms with Gasteiger partial charge in [0.2, 0.25) is 0 Å². The Hall–Kier alpha value is -2.56. The van der Waals surface area contributed by atoms with E-state index in [9.17, 15) is 14.9 Å². The van der Waals surface area contributed by atoms with E-state index in [0.29, 0.717) is 38.3 Å². The predicted octanol–water partition coefficient (Wildman–Crippen LogP) is 1.40. The van der Waals surface area contributed by atoms with E-state index in [1.165, 1.54) is 0 Å². The molecule has 2 aliphatic rings. The number of aromatic nitrogens is 2. The Balaban J connectivity index is 1.91. The fraction of sp³-hybridized carbons (Fsp3) is 0.647. The van der Waals surface area contributed by atoms with Gasteiger partial charge in [0.05, 0.1) is 30.8 Å². The summed E-state index contributed by atoms with van der Waals surface area (Å²) in [6.07, 6.45) is 0.186. The van der Waals surface area contributed by atoms with Crippen molar-refractivity contribution in [1.82, 2.24) is 19.6 Å². The van der Waals surface area contributed by atoms with Crippen molar-refractivity contribution in [1.29, 1.82) is 5.26 Å². The number of fused-ring (bicyclic) bond motifs is 3. The van der Waals surface area contributed by atoms with Crippen molar-refractivity contribution in [3.05, 3.63) is 17.0 Å². The molecule has 8 heteroatoms. The lowest BCUT2D eigenvalue weighted by molar-refractivity contribution is 0.0222. The molecular formula is C17H23N5O3. The Labute approximate surface area is 146 Å². The molecule has 0 N–H and O–H groups in total. The number of rotatable bonds is 0. The number of hydrogen-bond acceptors (Lipinski definition) is 5. The fourth-order valence-electron chi connectivity index (χ4n) is 3.22. The zero-order valence-electron chi connectivity index (χ0n) is 15.1. The van der Waals surface area contributed by atoms with E-state index in [4.69, 9.17) is 4.74 Å². The highest BCUT2D eigenvalue weighted by Gasteiger charge is 2.35. The van der Waals surface area contributed by atoms with Crippen LogP contribution in [0.25, 0.3) is 0 Å². The third kappa shape index (κ3) is 3.31. The zero-order chi connectivity index (χ0) is 18.4. The summed E-state index contributed by atoms with van der Waals surface area (Å²) in [4.78, 5) is 28.3. The summed E-state index contributed by atoms with van der Waals surface area (Å²) < 4.78 is 7.08. The van der Waals surface area contributed by atoms with Crippen molar-refractivity contribution in [2.75, 3.05) is 20.1 Å². The van der Waals surface area contributed by atoms with Crippen LogP contribution in [-0.4, -0.2) is 57.3 Å². The fourth-order valence-corrected chi connectivity index (χ4v) is 3.22. The molecule has 0 spiro atoms. The maximum absolute atomic E-state index is 12.8. The van der Waals surface area contributed by atoms with Crippen LogP contribution in [-0.2, 0) is 24.2 Å². The molecule has 1 aromatic rings. The highest BCUT2D eigenvalue weighted by Crippen LogP contribution is 2.27. The Morgan fingerprint density at radius 1 is 1.36 bits per heavy atom. The number of amides is 2. The van der Waals surface area contributed by atoms with Gasteiger partial charge in [0, 0.05) is 32.1 Å². The zero-order valence-corrected chi connectivity index (χ0v) is 15.1. The van der Waals surface area contributed by atoms with E-state index in [1.54, 1.807) is 21.5 Å². The smallest absolute Gasteiger partial charge is 0.410 e. The van der Waals surface area contributed by atoms with E-state index in [0.717, 1.165) is 11.3 Å². The van der Waals surface area contributed by atoms with Crippen molar-refractivity contribution in [3.8, 4) is 6.07 Å². The lowest BCUT2D eigenvalue weighted by atomic mass is 10.1. The summed E-state index contributed by atoms with van der Waals surface area (Å²) in [5.74, 6) is -0.448. The first kappa shape index (κ1) is 17.3. The van der Waals surface area contributed by atoms with Crippen molar-refractivity contribution in [2.45, 2.75) is 45.9 Å². The first-order valence-corrected chi connectivity index (χ1v) is 8.41. The van der Waals surface area contributed by atoms with Crippen molar-refractivity contribution in [3.63, 3.8) is 0 Å². The molecule has 3 heterocycles. The minimum Gasteiger partial charge on any atom is -0.444 e. The minimum atomic E-state index is -0.566. The van der Waals surface area contributed by atoms with Gasteiger partial charge in [-0.15, -0.1) is 0 Å². The number of carbonyl (C=O) groups excluding carboxylic acids is 2. The molecular weight excluding hydrogens is 322 g/mol. The molecule has 8 nitrogen and oxygen atoms in total. The van der Waals surface area contributed by atoms with Gasteiger partial charge in [-0.25, -0.2) is 4.79 Å². The standard InChI is InChI=1S/C17H23N5O3/c1-17(2,3)25-16(24)21-6-5-13-12(10-21)14-15(23)20(4)8-11(7-18)9-22(14)19-13/h11H,5-6,8-10H2,1-4H3. The molecule has 0 saturated carbocycles. The maximum Gasteiger partial charge on any atom is 0.410 e. The largest absolute Gasteiger partial charge is 0.444 e. The van der Waals surface area contributed by atoms with Crippen LogP contribution < -0.4 is 0 Å². The van der Waals surface area contributed by atoms with Gasteiger partial charge >= 0.3 is 6.09 Å². The molecule has 25 heavy (non-hydrogen) atoms. The highest BCUT2D eigenvalue weighted by molar-refractivity contribution is 5.94. The lowest BCUT2D eigenvalue weighted by Crippen LogP contribution is -2.40. The molecule has 0 aromatic carbocycles. The van der Waals surface area contributed by atoms with Gasteiger partial charge in [0.25, 0.3) is 5.91 Å². The van der Waals surface area contributed by atoms with Crippen LogP contribution in [0.4, 0.5) is 4.79 Å². The van der Waals surface area contributed by atoms with Gasteiger partial charge in [0.15, 0.2) is 0 Å². The average molecular weight is 345 g/mol. The molecule has 1 unspecified atom stereocenters. The van der Waals surface area contributed by atoms with E-state index < -0.39 is 5.60 Å². The Morgan fingerprint density at radius 2 is 2.08 bits per heavy atom. The van der Waals surface area contributed by atoms with E-state index in [2.05, 4.69) is 11.2 Å². The van der Waals surface area contributed by atoms with E-state index >= 15 is 0 Å². The molecule has 3 rings (SSSR count). The number of hydrogen-bond donors (Lipinski definition) is 0. The monoisotopic (exact) mass is 345 g/mol. The summed E-state index contributed by atoms with van der Waals surface area (Å²) in [5, 5.41) is 13.8. The van der Waals surface area contributed by atoms with Gasteiger partial charge in [-0.3, -0.25) is 9.48 Å². The van der Waals surface area contributed by atoms with E-state index in [1.807, 2.05) is 20.8 Å². The molecule has 1 aromatic heterocycles. The molecule has 2 amide bonds. The quantitative estimate of drug-likeness (QED) is 0.709. The van der Waals surface area contributed by atoms with E-state index in [-0.39, 0.29) is 17.9 Å². The maximum atomic E-state index is 12.8. The summed E-state index contributed by atoms with van der Waals surface area (Å²) in [6, 6.07) is 2.23. The van der Waals surface area contributed by atoms with Crippen LogP contribution in [0.2, 0.25) is 0 Å². The summed E-state index contributed by atoms with van der Waals surface area (Å²) >= 11 is 0. The first-order valence-electron chi connectivity index (χ1n) is 8.41. The Morgan fingerprint density at radius 3 is 2.72 bits per heavy atom. The third-order valence-electron chi connectivity index (χ3n) is 4.37. The van der Waals surface area contributed by atoms with Crippen LogP contribution in [0.15, 0.2) is 0 Å². The predicted molar refractivity (Wildman–Crippen MR) is 88.6 cm³/mol.